The summed E-state index contributed by atoms with van der Waals surface area (Å²) in [5.74, 6) is 0. The first-order valence-electron chi connectivity index (χ1n) is 6.82. The number of aliphatic hydroxyl groups excluding tert-OH is 1. The minimum absolute atomic E-state index is 0.0787. The standard InChI is InChI=1S/C15H21NO/c17-15-7-3-6-13(10-15)16-14-8-11-4-1-2-5-12(11)9-14/h1-2,4-5,13-17H,3,6-10H2. The van der Waals surface area contributed by atoms with Crippen LogP contribution < -0.4 is 5.32 Å². The second kappa shape index (κ2) is 4.79. The molecule has 92 valence electrons. The molecule has 0 amide bonds. The van der Waals surface area contributed by atoms with Gasteiger partial charge in [-0.15, -0.1) is 0 Å². The Labute approximate surface area is 103 Å². The van der Waals surface area contributed by atoms with Gasteiger partial charge in [0.2, 0.25) is 0 Å². The highest BCUT2D eigenvalue weighted by atomic mass is 16.3. The van der Waals surface area contributed by atoms with Gasteiger partial charge in [-0.25, -0.2) is 0 Å². The predicted octanol–water partition coefficient (Wildman–Crippen LogP) is 2.05. The fourth-order valence-electron chi connectivity index (χ4n) is 3.33. The zero-order chi connectivity index (χ0) is 11.7. The maximum Gasteiger partial charge on any atom is 0.0555 e. The lowest BCUT2D eigenvalue weighted by Crippen LogP contribution is -2.42. The molecule has 1 fully saturated rings. The van der Waals surface area contributed by atoms with Crippen molar-refractivity contribution in [3.05, 3.63) is 35.4 Å². The number of benzene rings is 1. The molecule has 0 aromatic heterocycles. The summed E-state index contributed by atoms with van der Waals surface area (Å²) in [4.78, 5) is 0. The van der Waals surface area contributed by atoms with Crippen LogP contribution in [0.2, 0.25) is 0 Å². The van der Waals surface area contributed by atoms with Crippen LogP contribution in [-0.2, 0) is 12.8 Å². The van der Waals surface area contributed by atoms with Crippen molar-refractivity contribution >= 4 is 0 Å². The maximum absolute atomic E-state index is 9.69. The third kappa shape index (κ3) is 2.53. The van der Waals surface area contributed by atoms with E-state index in [0.29, 0.717) is 12.1 Å². The Morgan fingerprint density at radius 3 is 2.35 bits per heavy atom. The van der Waals surface area contributed by atoms with E-state index in [9.17, 15) is 5.11 Å². The molecule has 3 rings (SSSR count). The summed E-state index contributed by atoms with van der Waals surface area (Å²) in [6, 6.07) is 9.86. The molecule has 0 heterocycles. The Morgan fingerprint density at radius 1 is 1.00 bits per heavy atom. The highest BCUT2D eigenvalue weighted by Gasteiger charge is 2.26. The molecule has 2 atom stereocenters. The Hall–Kier alpha value is -0.860. The smallest absolute Gasteiger partial charge is 0.0555 e. The summed E-state index contributed by atoms with van der Waals surface area (Å²) in [7, 11) is 0. The Morgan fingerprint density at radius 2 is 1.71 bits per heavy atom. The first-order valence-corrected chi connectivity index (χ1v) is 6.82. The van der Waals surface area contributed by atoms with Crippen LogP contribution in [0.25, 0.3) is 0 Å². The van der Waals surface area contributed by atoms with Crippen molar-refractivity contribution in [1.29, 1.82) is 0 Å². The first-order chi connectivity index (χ1) is 8.31. The minimum Gasteiger partial charge on any atom is -0.393 e. The molecule has 0 spiro atoms. The normalized spacial score (nSPS) is 29.2. The number of fused-ring (bicyclic) bond motifs is 1. The number of nitrogens with one attached hydrogen (secondary N) is 1. The van der Waals surface area contributed by atoms with Crippen LogP contribution in [0, 0.1) is 0 Å². The van der Waals surface area contributed by atoms with Gasteiger partial charge >= 0.3 is 0 Å². The highest BCUT2D eigenvalue weighted by Crippen LogP contribution is 2.24. The van der Waals surface area contributed by atoms with Crippen molar-refractivity contribution < 1.29 is 5.11 Å². The van der Waals surface area contributed by atoms with Crippen molar-refractivity contribution in [1.82, 2.24) is 5.32 Å². The average Bonchev–Trinajstić information content (AvgIpc) is 2.71. The molecule has 0 aliphatic heterocycles. The van der Waals surface area contributed by atoms with Crippen LogP contribution in [-0.4, -0.2) is 23.3 Å². The van der Waals surface area contributed by atoms with Gasteiger partial charge in [0.15, 0.2) is 0 Å². The van der Waals surface area contributed by atoms with E-state index < -0.39 is 0 Å². The van der Waals surface area contributed by atoms with Gasteiger partial charge in [0.25, 0.3) is 0 Å². The number of rotatable bonds is 2. The molecule has 17 heavy (non-hydrogen) atoms. The molecule has 1 aromatic carbocycles. The van der Waals surface area contributed by atoms with Gasteiger partial charge in [-0.3, -0.25) is 0 Å². The minimum atomic E-state index is -0.0787. The van der Waals surface area contributed by atoms with E-state index in [2.05, 4.69) is 29.6 Å². The topological polar surface area (TPSA) is 32.3 Å². The summed E-state index contributed by atoms with van der Waals surface area (Å²) in [6.45, 7) is 0. The van der Waals surface area contributed by atoms with Gasteiger partial charge in [-0.05, 0) is 49.7 Å². The van der Waals surface area contributed by atoms with Crippen LogP contribution in [0.5, 0.6) is 0 Å². The second-order valence-electron chi connectivity index (χ2n) is 5.56. The van der Waals surface area contributed by atoms with Crippen molar-refractivity contribution in [2.24, 2.45) is 0 Å². The Kier molecular flexibility index (Phi) is 3.17. The molecule has 2 heteroatoms. The lowest BCUT2D eigenvalue weighted by Gasteiger charge is -2.29. The van der Waals surface area contributed by atoms with Crippen LogP contribution in [0.3, 0.4) is 0 Å². The predicted molar refractivity (Wildman–Crippen MR) is 69.0 cm³/mol. The SMILES string of the molecule is OC1CCCC(NC2Cc3ccccc3C2)C1. The summed E-state index contributed by atoms with van der Waals surface area (Å²) >= 11 is 0. The quantitative estimate of drug-likeness (QED) is 0.816. The van der Waals surface area contributed by atoms with Crippen LogP contribution in [0.4, 0.5) is 0 Å². The van der Waals surface area contributed by atoms with E-state index in [0.717, 1.165) is 25.7 Å². The molecule has 2 nitrogen and oxygen atoms in total. The molecule has 2 aliphatic rings. The lowest BCUT2D eigenvalue weighted by atomic mass is 9.92. The van der Waals surface area contributed by atoms with E-state index in [1.165, 1.54) is 24.0 Å². The maximum atomic E-state index is 9.69. The number of hydrogen-bond donors (Lipinski definition) is 2. The lowest BCUT2D eigenvalue weighted by molar-refractivity contribution is 0.109. The molecule has 2 aliphatic carbocycles. The first kappa shape index (κ1) is 11.2. The molecule has 1 aromatic rings. The molecule has 0 saturated heterocycles. The molecule has 2 unspecified atom stereocenters. The average molecular weight is 231 g/mol. The van der Waals surface area contributed by atoms with Crippen molar-refractivity contribution in [3.63, 3.8) is 0 Å². The zero-order valence-electron chi connectivity index (χ0n) is 10.2. The molecular weight excluding hydrogens is 210 g/mol. The summed E-state index contributed by atoms with van der Waals surface area (Å²) in [5.41, 5.74) is 3.00. The Bertz CT molecular complexity index is 365. The highest BCUT2D eigenvalue weighted by molar-refractivity contribution is 5.33. The molecule has 0 bridgehead atoms. The molecular formula is C15H21NO. The third-order valence-corrected chi connectivity index (χ3v) is 4.17. The van der Waals surface area contributed by atoms with E-state index in [1.54, 1.807) is 0 Å². The van der Waals surface area contributed by atoms with Gasteiger partial charge in [0.05, 0.1) is 6.10 Å². The van der Waals surface area contributed by atoms with Crippen molar-refractivity contribution in [2.75, 3.05) is 0 Å². The number of aliphatic hydroxyl groups is 1. The van der Waals surface area contributed by atoms with Crippen molar-refractivity contribution in [3.8, 4) is 0 Å². The van der Waals surface area contributed by atoms with Gasteiger partial charge < -0.3 is 10.4 Å². The summed E-state index contributed by atoms with van der Waals surface area (Å²) in [6.07, 6.45) is 6.55. The van der Waals surface area contributed by atoms with Crippen LogP contribution >= 0.6 is 0 Å². The zero-order valence-corrected chi connectivity index (χ0v) is 10.2. The molecule has 1 saturated carbocycles. The van der Waals surface area contributed by atoms with Gasteiger partial charge in [-0.2, -0.15) is 0 Å². The van der Waals surface area contributed by atoms with E-state index in [4.69, 9.17) is 0 Å². The van der Waals surface area contributed by atoms with Gasteiger partial charge in [-0.1, -0.05) is 24.3 Å². The second-order valence-corrected chi connectivity index (χ2v) is 5.56. The van der Waals surface area contributed by atoms with E-state index >= 15 is 0 Å². The fourth-order valence-corrected chi connectivity index (χ4v) is 3.33. The van der Waals surface area contributed by atoms with Crippen molar-refractivity contribution in [2.45, 2.75) is 56.7 Å². The van der Waals surface area contributed by atoms with Gasteiger partial charge in [0.1, 0.15) is 0 Å². The van der Waals surface area contributed by atoms with Crippen LogP contribution in [0.15, 0.2) is 24.3 Å². The Balaban J connectivity index is 1.58. The molecule has 2 N–H and O–H groups in total. The summed E-state index contributed by atoms with van der Waals surface area (Å²) < 4.78 is 0. The van der Waals surface area contributed by atoms with Gasteiger partial charge in [0, 0.05) is 12.1 Å². The monoisotopic (exact) mass is 231 g/mol. The van der Waals surface area contributed by atoms with Crippen LogP contribution in [0.1, 0.15) is 36.8 Å². The van der Waals surface area contributed by atoms with E-state index in [1.807, 2.05) is 0 Å². The number of hydrogen-bond acceptors (Lipinski definition) is 2. The fraction of sp³-hybridized carbons (Fsp3) is 0.600. The summed E-state index contributed by atoms with van der Waals surface area (Å²) in [5, 5.41) is 13.4. The van der Waals surface area contributed by atoms with E-state index in [-0.39, 0.29) is 6.10 Å². The largest absolute Gasteiger partial charge is 0.393 e. The third-order valence-electron chi connectivity index (χ3n) is 4.17. The molecule has 0 radical (unpaired) electrons.